The molecule has 2 heterocycles. The highest BCUT2D eigenvalue weighted by Gasteiger charge is 2.41. The Bertz CT molecular complexity index is 715. The second-order valence-electron chi connectivity index (χ2n) is 3.98. The van der Waals surface area contributed by atoms with Crippen LogP contribution in [-0.4, -0.2) is 27.3 Å². The molecule has 0 bridgehead atoms. The number of halogens is 5. The van der Waals surface area contributed by atoms with Gasteiger partial charge < -0.3 is 4.74 Å². The average molecular weight is 382 g/mol. The predicted octanol–water partition coefficient (Wildman–Crippen LogP) is 3.36. The van der Waals surface area contributed by atoms with E-state index in [1.807, 2.05) is 0 Å². The van der Waals surface area contributed by atoms with Crippen LogP contribution in [0.25, 0.3) is 5.82 Å². The van der Waals surface area contributed by atoms with Crippen molar-refractivity contribution >= 4 is 21.9 Å². The number of aromatic nitrogens is 3. The van der Waals surface area contributed by atoms with Crippen molar-refractivity contribution in [3.05, 3.63) is 40.0 Å². The molecule has 0 aliphatic carbocycles. The number of rotatable bonds is 3. The van der Waals surface area contributed by atoms with Gasteiger partial charge in [-0.1, -0.05) is 0 Å². The predicted molar refractivity (Wildman–Crippen MR) is 70.0 cm³/mol. The molecule has 0 aliphatic heterocycles. The maximum atomic E-state index is 13.2. The normalized spacial score (nSPS) is 11.5. The van der Waals surface area contributed by atoms with Crippen LogP contribution in [0.1, 0.15) is 23.0 Å². The molecule has 0 spiro atoms. The SMILES string of the molecule is CCOC(=O)c1cnn(-c2ccc(F)c(Br)n2)c1C(F)(F)F. The first-order valence-corrected chi connectivity index (χ1v) is 6.69. The van der Waals surface area contributed by atoms with Crippen molar-refractivity contribution in [3.8, 4) is 5.82 Å². The summed E-state index contributed by atoms with van der Waals surface area (Å²) < 4.78 is 57.5. The molecule has 10 heteroatoms. The van der Waals surface area contributed by atoms with Gasteiger partial charge in [-0.3, -0.25) is 0 Å². The monoisotopic (exact) mass is 381 g/mol. The minimum absolute atomic E-state index is 0.0817. The highest BCUT2D eigenvalue weighted by Crippen LogP contribution is 2.34. The molecule has 0 N–H and O–H groups in total. The minimum atomic E-state index is -4.87. The van der Waals surface area contributed by atoms with Crippen LogP contribution < -0.4 is 0 Å². The number of pyridine rings is 1. The van der Waals surface area contributed by atoms with Crippen molar-refractivity contribution in [3.63, 3.8) is 0 Å². The van der Waals surface area contributed by atoms with Gasteiger partial charge in [-0.2, -0.15) is 18.3 Å². The zero-order valence-electron chi connectivity index (χ0n) is 11.0. The molecule has 0 fully saturated rings. The summed E-state index contributed by atoms with van der Waals surface area (Å²) in [6.07, 6.45) is -4.14. The molecule has 22 heavy (non-hydrogen) atoms. The number of hydrogen-bond donors (Lipinski definition) is 0. The van der Waals surface area contributed by atoms with Crippen LogP contribution >= 0.6 is 15.9 Å². The third-order valence-corrected chi connectivity index (χ3v) is 3.09. The van der Waals surface area contributed by atoms with E-state index in [-0.39, 0.29) is 17.0 Å². The first-order valence-electron chi connectivity index (χ1n) is 5.90. The van der Waals surface area contributed by atoms with Gasteiger partial charge in [0.25, 0.3) is 0 Å². The van der Waals surface area contributed by atoms with E-state index in [4.69, 9.17) is 0 Å². The Morgan fingerprint density at radius 2 is 2.09 bits per heavy atom. The molecule has 0 radical (unpaired) electrons. The summed E-state index contributed by atoms with van der Waals surface area (Å²) in [6.45, 7) is 1.38. The molecule has 2 aromatic heterocycles. The smallest absolute Gasteiger partial charge is 0.434 e. The number of carbonyl (C=O) groups is 1. The van der Waals surface area contributed by atoms with Crippen LogP contribution in [0.3, 0.4) is 0 Å². The number of esters is 1. The lowest BCUT2D eigenvalue weighted by atomic mass is 10.2. The topological polar surface area (TPSA) is 57.0 Å². The van der Waals surface area contributed by atoms with E-state index in [1.165, 1.54) is 6.92 Å². The van der Waals surface area contributed by atoms with Crippen molar-refractivity contribution in [2.45, 2.75) is 13.1 Å². The molecule has 118 valence electrons. The summed E-state index contributed by atoms with van der Waals surface area (Å²) >= 11 is 2.78. The van der Waals surface area contributed by atoms with E-state index >= 15 is 0 Å². The van der Waals surface area contributed by atoms with Gasteiger partial charge in [-0.05, 0) is 35.0 Å². The molecule has 0 saturated heterocycles. The molecule has 5 nitrogen and oxygen atoms in total. The number of ether oxygens (including phenoxy) is 1. The molecule has 0 unspecified atom stereocenters. The van der Waals surface area contributed by atoms with Gasteiger partial charge in [0.05, 0.1) is 12.8 Å². The molecule has 0 aliphatic rings. The van der Waals surface area contributed by atoms with Crippen LogP contribution in [0.5, 0.6) is 0 Å². The molecule has 0 aromatic carbocycles. The summed E-state index contributed by atoms with van der Waals surface area (Å²) in [7, 11) is 0. The standard InChI is InChI=1S/C12H8BrF4N3O2/c1-2-22-11(21)6-5-18-20(9(6)12(15,16)17)8-4-3-7(14)10(13)19-8/h3-5H,2H2,1H3. The lowest BCUT2D eigenvalue weighted by Crippen LogP contribution is -2.19. The van der Waals surface area contributed by atoms with Crippen molar-refractivity contribution < 1.29 is 27.1 Å². The third kappa shape index (κ3) is 3.11. The van der Waals surface area contributed by atoms with E-state index in [0.29, 0.717) is 4.68 Å². The summed E-state index contributed by atoms with van der Waals surface area (Å²) in [5.41, 5.74) is -2.08. The zero-order chi connectivity index (χ0) is 16.5. The highest BCUT2D eigenvalue weighted by molar-refractivity contribution is 9.10. The zero-order valence-corrected chi connectivity index (χ0v) is 12.6. The fourth-order valence-corrected chi connectivity index (χ4v) is 1.99. The summed E-state index contributed by atoms with van der Waals surface area (Å²) in [6, 6.07) is 1.94. The quantitative estimate of drug-likeness (QED) is 0.464. The summed E-state index contributed by atoms with van der Waals surface area (Å²) in [5, 5.41) is 3.52. The molecular weight excluding hydrogens is 374 g/mol. The van der Waals surface area contributed by atoms with E-state index in [9.17, 15) is 22.4 Å². The minimum Gasteiger partial charge on any atom is -0.462 e. The van der Waals surface area contributed by atoms with E-state index in [0.717, 1.165) is 18.3 Å². The van der Waals surface area contributed by atoms with Gasteiger partial charge in [0.2, 0.25) is 0 Å². The van der Waals surface area contributed by atoms with Crippen LogP contribution in [-0.2, 0) is 10.9 Å². The molecule has 2 aromatic rings. The Hall–Kier alpha value is -1.97. The van der Waals surface area contributed by atoms with Gasteiger partial charge in [-0.15, -0.1) is 0 Å². The first-order chi connectivity index (χ1) is 10.3. The Balaban J connectivity index is 2.61. The lowest BCUT2D eigenvalue weighted by Gasteiger charge is -2.12. The molecule has 0 saturated carbocycles. The van der Waals surface area contributed by atoms with Crippen LogP contribution in [0, 0.1) is 5.82 Å². The summed E-state index contributed by atoms with van der Waals surface area (Å²) in [5.74, 6) is -2.19. The Kier molecular flexibility index (Phi) is 4.50. The average Bonchev–Trinajstić information content (AvgIpc) is 2.87. The Morgan fingerprint density at radius 1 is 1.41 bits per heavy atom. The van der Waals surface area contributed by atoms with Gasteiger partial charge >= 0.3 is 12.1 Å². The van der Waals surface area contributed by atoms with Crippen molar-refractivity contribution in [2.75, 3.05) is 6.61 Å². The number of alkyl halides is 3. The second-order valence-corrected chi connectivity index (χ2v) is 4.73. The lowest BCUT2D eigenvalue weighted by molar-refractivity contribution is -0.143. The van der Waals surface area contributed by atoms with Gasteiger partial charge in [0.15, 0.2) is 17.3 Å². The maximum Gasteiger partial charge on any atom is 0.434 e. The maximum absolute atomic E-state index is 13.2. The highest BCUT2D eigenvalue weighted by atomic mass is 79.9. The van der Waals surface area contributed by atoms with Crippen LogP contribution in [0.4, 0.5) is 17.6 Å². The molecule has 0 amide bonds. The Labute approximate surface area is 130 Å². The second kappa shape index (κ2) is 6.03. The number of hydrogen-bond acceptors (Lipinski definition) is 4. The third-order valence-electron chi connectivity index (χ3n) is 2.54. The molecular formula is C12H8BrF4N3O2. The van der Waals surface area contributed by atoms with Crippen molar-refractivity contribution in [2.24, 2.45) is 0 Å². The largest absolute Gasteiger partial charge is 0.462 e. The van der Waals surface area contributed by atoms with E-state index < -0.39 is 29.2 Å². The Morgan fingerprint density at radius 3 is 2.64 bits per heavy atom. The van der Waals surface area contributed by atoms with Crippen LogP contribution in [0.15, 0.2) is 22.9 Å². The fraction of sp³-hybridized carbons (Fsp3) is 0.250. The fourth-order valence-electron chi connectivity index (χ4n) is 1.68. The van der Waals surface area contributed by atoms with Crippen molar-refractivity contribution in [1.82, 2.24) is 14.8 Å². The number of carbonyl (C=O) groups excluding carboxylic acids is 1. The molecule has 2 rings (SSSR count). The van der Waals surface area contributed by atoms with E-state index in [2.05, 4.69) is 30.7 Å². The number of nitrogens with zero attached hydrogens (tertiary/aromatic N) is 3. The van der Waals surface area contributed by atoms with Crippen LogP contribution in [0.2, 0.25) is 0 Å². The first kappa shape index (κ1) is 16.4. The van der Waals surface area contributed by atoms with Gasteiger partial charge in [0.1, 0.15) is 10.2 Å². The van der Waals surface area contributed by atoms with Gasteiger partial charge in [0, 0.05) is 0 Å². The van der Waals surface area contributed by atoms with E-state index in [1.54, 1.807) is 0 Å². The summed E-state index contributed by atoms with van der Waals surface area (Å²) in [4.78, 5) is 15.2. The molecule has 0 atom stereocenters. The van der Waals surface area contributed by atoms with Gasteiger partial charge in [-0.25, -0.2) is 18.9 Å². The van der Waals surface area contributed by atoms with Crippen molar-refractivity contribution in [1.29, 1.82) is 0 Å².